The summed E-state index contributed by atoms with van der Waals surface area (Å²) in [6, 6.07) is 16.4. The molecule has 6 heterocycles. The first-order valence-corrected chi connectivity index (χ1v) is 26.4. The fourth-order valence-electron chi connectivity index (χ4n) is 9.69. The largest absolute Gasteiger partial charge is 0.464 e. The van der Waals surface area contributed by atoms with Crippen molar-refractivity contribution in [2.45, 2.75) is 131 Å². The van der Waals surface area contributed by atoms with Crippen LogP contribution in [0.4, 0.5) is 15.3 Å². The number of alkyl carbamates (subject to hydrolysis) is 1. The Bertz CT molecular complexity index is 2760. The lowest BCUT2D eigenvalue weighted by Gasteiger charge is -2.36. The number of rotatable bonds is 11. The molecular formula is C55H72N8O9S. The van der Waals surface area contributed by atoms with E-state index in [-0.39, 0.29) is 31.5 Å². The van der Waals surface area contributed by atoms with E-state index in [0.29, 0.717) is 70.1 Å². The van der Waals surface area contributed by atoms with Gasteiger partial charge < -0.3 is 43.4 Å². The number of pyridine rings is 1. The van der Waals surface area contributed by atoms with Gasteiger partial charge in [0.15, 0.2) is 0 Å². The van der Waals surface area contributed by atoms with Gasteiger partial charge in [0.25, 0.3) is 5.91 Å². The molecule has 0 spiro atoms. The minimum absolute atomic E-state index is 0.00517. The highest BCUT2D eigenvalue weighted by Crippen LogP contribution is 2.43. The molecule has 6 bridgehead atoms. The van der Waals surface area contributed by atoms with Crippen LogP contribution in [-0.2, 0) is 52.8 Å². The van der Waals surface area contributed by atoms with Crippen LogP contribution in [-0.4, -0.2) is 125 Å². The molecule has 3 aliphatic heterocycles. The summed E-state index contributed by atoms with van der Waals surface area (Å²) in [4.78, 5) is 69.4. The minimum atomic E-state index is -1.06. The second kappa shape index (κ2) is 22.6. The molecule has 3 aliphatic rings. The van der Waals surface area contributed by atoms with E-state index in [1.165, 1.54) is 16.3 Å². The summed E-state index contributed by atoms with van der Waals surface area (Å²) >= 11 is 1.42. The molecule has 73 heavy (non-hydrogen) atoms. The number of benzene rings is 2. The van der Waals surface area contributed by atoms with Crippen LogP contribution < -0.4 is 15.6 Å². The van der Waals surface area contributed by atoms with Crippen molar-refractivity contribution in [3.05, 3.63) is 88.0 Å². The number of piperazine rings is 1. The average molecular weight is 1020 g/mol. The molecule has 18 heteroatoms. The maximum Gasteiger partial charge on any atom is 0.410 e. The molecule has 0 radical (unpaired) electrons. The molecular weight excluding hydrogens is 949 g/mol. The van der Waals surface area contributed by atoms with E-state index in [0.717, 1.165) is 55.9 Å². The predicted octanol–water partition coefficient (Wildman–Crippen LogP) is 9.04. The van der Waals surface area contributed by atoms with Crippen molar-refractivity contribution < 1.29 is 42.9 Å². The Balaban J connectivity index is 1.23. The summed E-state index contributed by atoms with van der Waals surface area (Å²) in [5, 5.41) is 7.91. The number of fused-ring (bicyclic) bond motifs is 6. The smallest absolute Gasteiger partial charge is 0.410 e. The molecule has 0 unspecified atom stereocenters. The van der Waals surface area contributed by atoms with E-state index in [1.807, 2.05) is 69.6 Å². The number of carbonyl (C=O) groups is 4. The van der Waals surface area contributed by atoms with Gasteiger partial charge in [0.2, 0.25) is 0 Å². The van der Waals surface area contributed by atoms with E-state index in [9.17, 15) is 19.2 Å². The monoisotopic (exact) mass is 1020 g/mol. The van der Waals surface area contributed by atoms with E-state index in [1.54, 1.807) is 32.8 Å². The van der Waals surface area contributed by atoms with Gasteiger partial charge in [-0.25, -0.2) is 20.0 Å². The Morgan fingerprint density at radius 2 is 1.77 bits per heavy atom. The van der Waals surface area contributed by atoms with Gasteiger partial charge in [-0.15, -0.1) is 11.3 Å². The molecule has 0 aliphatic carbocycles. The summed E-state index contributed by atoms with van der Waals surface area (Å²) in [6.07, 6.45) is 1.97. The SMILES string of the molecule is CO[C@@H](C)c1ncc(N2CCN(C(=O)OCc3ccccc3)CC2)cc1-c1c2c3cc(ccc3n1CCOC(C)C)-c1csc(n1)[C@@H](C)[C@H](NC(=O)OC(C)(C)C)C(=O)N1CCC[C@H](N1)C(=O)OCC(C)(C)C2. The Morgan fingerprint density at radius 1 is 1.01 bits per heavy atom. The highest BCUT2D eigenvalue weighted by Gasteiger charge is 2.39. The number of methoxy groups -OCH3 is 1. The van der Waals surface area contributed by atoms with Gasteiger partial charge in [0.1, 0.15) is 24.3 Å². The van der Waals surface area contributed by atoms with Crippen molar-refractivity contribution in [2.24, 2.45) is 5.41 Å². The number of aromatic nitrogens is 3. The van der Waals surface area contributed by atoms with E-state index < -0.39 is 47.0 Å². The highest BCUT2D eigenvalue weighted by atomic mass is 32.1. The lowest BCUT2D eigenvalue weighted by atomic mass is 9.84. The second-order valence-corrected chi connectivity index (χ2v) is 22.3. The fraction of sp³-hybridized carbons (Fsp3) is 0.527. The Kier molecular flexibility index (Phi) is 16.5. The molecule has 2 saturated heterocycles. The molecule has 17 nitrogen and oxygen atoms in total. The van der Waals surface area contributed by atoms with Crippen LogP contribution in [0.2, 0.25) is 0 Å². The van der Waals surface area contributed by atoms with Gasteiger partial charge in [-0.2, -0.15) is 0 Å². The summed E-state index contributed by atoms with van der Waals surface area (Å²) < 4.78 is 32.2. The summed E-state index contributed by atoms with van der Waals surface area (Å²) in [6.45, 7) is 21.1. The molecule has 2 N–H and O–H groups in total. The second-order valence-electron chi connectivity index (χ2n) is 21.4. The van der Waals surface area contributed by atoms with Crippen LogP contribution in [0.3, 0.4) is 0 Å². The van der Waals surface area contributed by atoms with E-state index in [2.05, 4.69) is 58.3 Å². The maximum absolute atomic E-state index is 14.5. The van der Waals surface area contributed by atoms with Gasteiger partial charge in [-0.3, -0.25) is 19.6 Å². The van der Waals surface area contributed by atoms with Gasteiger partial charge in [0, 0.05) is 85.1 Å². The van der Waals surface area contributed by atoms with Crippen molar-refractivity contribution in [3.8, 4) is 22.5 Å². The van der Waals surface area contributed by atoms with Crippen molar-refractivity contribution in [1.82, 2.24) is 35.2 Å². The zero-order chi connectivity index (χ0) is 52.2. The third-order valence-electron chi connectivity index (χ3n) is 13.6. The number of nitrogens with one attached hydrogen (secondary N) is 2. The summed E-state index contributed by atoms with van der Waals surface area (Å²) in [5.41, 5.74) is 9.83. The number of hydrogen-bond donors (Lipinski definition) is 2. The molecule has 4 atom stereocenters. The Labute approximate surface area is 432 Å². The summed E-state index contributed by atoms with van der Waals surface area (Å²) in [7, 11) is 1.69. The first-order valence-electron chi connectivity index (χ1n) is 25.5. The normalized spacial score (nSPS) is 20.2. The molecule has 0 saturated carbocycles. The van der Waals surface area contributed by atoms with Crippen LogP contribution in [0.25, 0.3) is 33.4 Å². The van der Waals surface area contributed by atoms with Crippen molar-refractivity contribution in [2.75, 3.05) is 57.9 Å². The van der Waals surface area contributed by atoms with Gasteiger partial charge >= 0.3 is 18.2 Å². The molecule has 3 amide bonds. The third-order valence-corrected chi connectivity index (χ3v) is 14.6. The van der Waals surface area contributed by atoms with Gasteiger partial charge in [0.05, 0.1) is 59.4 Å². The molecule has 392 valence electrons. The van der Waals surface area contributed by atoms with Crippen LogP contribution in [0.5, 0.6) is 0 Å². The molecule has 2 fully saturated rings. The van der Waals surface area contributed by atoms with Crippen molar-refractivity contribution in [1.29, 1.82) is 0 Å². The number of carbonyl (C=O) groups excluding carboxylic acids is 4. The first-order chi connectivity index (χ1) is 34.8. The Hall–Kier alpha value is -6.08. The fourth-order valence-corrected chi connectivity index (χ4v) is 10.6. The van der Waals surface area contributed by atoms with Crippen LogP contribution in [0, 0.1) is 5.41 Å². The summed E-state index contributed by atoms with van der Waals surface area (Å²) in [5.74, 6) is -1.44. The number of amides is 3. The van der Waals surface area contributed by atoms with E-state index in [4.69, 9.17) is 33.7 Å². The zero-order valence-electron chi connectivity index (χ0n) is 44.0. The number of thiazole rings is 1. The molecule has 2 aromatic carbocycles. The van der Waals surface area contributed by atoms with Crippen LogP contribution in [0.15, 0.2) is 66.2 Å². The van der Waals surface area contributed by atoms with Crippen LogP contribution in [0.1, 0.15) is 109 Å². The number of hydrogen-bond acceptors (Lipinski definition) is 14. The molecule has 5 aromatic rings. The molecule has 3 aromatic heterocycles. The standard InChI is InChI=1S/C55H72N8O9S/c1-34(2)69-26-25-62-45-19-18-38-27-40(45)42(48(62)41-28-39(30-56-47(41)36(4)68-10)60-21-23-61(24-22-60)53(67)70-31-37-15-12-11-13-16-37)29-55(8,9)33-71-51(65)43-17-14-20-63(59-43)50(64)46(58-52(66)72-54(5,6)7)35(3)49-57-44(38)32-73-49/h11-13,15-16,18-19,27-28,30,32,34-36,43,46,59H,14,17,20-26,29,31,33H2,1-10H3,(H,58,66)/t35-,36-,43-,46-/m0/s1. The maximum atomic E-state index is 14.5. The van der Waals surface area contributed by atoms with Crippen molar-refractivity contribution in [3.63, 3.8) is 0 Å². The quantitative estimate of drug-likeness (QED) is 0.0947. The number of esters is 1. The lowest BCUT2D eigenvalue weighted by Crippen LogP contribution is -2.61. The Morgan fingerprint density at radius 3 is 2.48 bits per heavy atom. The van der Waals surface area contributed by atoms with Gasteiger partial charge in [-0.1, -0.05) is 57.2 Å². The number of cyclic esters (lactones) is 1. The number of anilines is 1. The zero-order valence-corrected chi connectivity index (χ0v) is 44.8. The number of ether oxygens (including phenoxy) is 5. The molecule has 8 rings (SSSR count). The van der Waals surface area contributed by atoms with Gasteiger partial charge in [-0.05, 0) is 90.1 Å². The van der Waals surface area contributed by atoms with Crippen molar-refractivity contribution >= 4 is 52.0 Å². The van der Waals surface area contributed by atoms with Crippen LogP contribution >= 0.6 is 11.3 Å². The third kappa shape index (κ3) is 12.6. The highest BCUT2D eigenvalue weighted by molar-refractivity contribution is 7.10. The lowest BCUT2D eigenvalue weighted by molar-refractivity contribution is -0.155. The topological polar surface area (TPSA) is 179 Å². The predicted molar refractivity (Wildman–Crippen MR) is 281 cm³/mol. The minimum Gasteiger partial charge on any atom is -0.464 e. The first kappa shape index (κ1) is 53.2. The van der Waals surface area contributed by atoms with E-state index >= 15 is 0 Å². The number of hydrazine groups is 1. The average Bonchev–Trinajstić information content (AvgIpc) is 3.98. The number of nitrogens with zero attached hydrogens (tertiary/aromatic N) is 6.